The van der Waals surface area contributed by atoms with Crippen molar-refractivity contribution in [2.45, 2.75) is 31.6 Å². The number of nitrogens with two attached hydrogens (primary N) is 1. The highest BCUT2D eigenvalue weighted by molar-refractivity contribution is 6.02. The van der Waals surface area contributed by atoms with Crippen molar-refractivity contribution >= 4 is 22.6 Å². The largest absolute Gasteiger partial charge is 0.478 e. The van der Waals surface area contributed by atoms with Crippen molar-refractivity contribution < 1.29 is 14.6 Å². The number of carbonyl (C=O) groups is 1. The fraction of sp³-hybridized carbons (Fsp3) is 0.364. The summed E-state index contributed by atoms with van der Waals surface area (Å²) >= 11 is 0. The van der Waals surface area contributed by atoms with Gasteiger partial charge in [0.05, 0.1) is 16.9 Å². The number of anilines is 1. The van der Waals surface area contributed by atoms with Crippen LogP contribution in [0.1, 0.15) is 46.7 Å². The Morgan fingerprint density at radius 3 is 2.86 bits per heavy atom. The molecule has 3 N–H and O–H groups in total. The maximum atomic E-state index is 12.0. The summed E-state index contributed by atoms with van der Waals surface area (Å²) in [6.07, 6.45) is 7.60. The van der Waals surface area contributed by atoms with Crippen LogP contribution in [-0.4, -0.2) is 34.3 Å². The Hall–Kier alpha value is -2.86. The first-order valence-corrected chi connectivity index (χ1v) is 9.60. The summed E-state index contributed by atoms with van der Waals surface area (Å²) in [4.78, 5) is 16.6. The number of fused-ring (bicyclic) bond motifs is 1. The maximum Gasteiger partial charge on any atom is 0.340 e. The van der Waals surface area contributed by atoms with E-state index in [4.69, 9.17) is 10.5 Å². The first-order valence-electron chi connectivity index (χ1n) is 9.60. The van der Waals surface area contributed by atoms with E-state index in [2.05, 4.69) is 9.55 Å². The second-order valence-electron chi connectivity index (χ2n) is 7.53. The number of nitrogen functional groups attached to an aromatic ring is 1. The van der Waals surface area contributed by atoms with Crippen molar-refractivity contribution in [2.75, 3.05) is 19.5 Å². The Morgan fingerprint density at radius 2 is 2.18 bits per heavy atom. The van der Waals surface area contributed by atoms with Crippen molar-refractivity contribution in [3.05, 3.63) is 47.3 Å². The molecule has 1 saturated carbocycles. The van der Waals surface area contributed by atoms with Gasteiger partial charge in [-0.15, -0.1) is 0 Å². The average molecular weight is 379 g/mol. The number of hydrogen-bond donors (Lipinski definition) is 2. The quantitative estimate of drug-likeness (QED) is 0.606. The first kappa shape index (κ1) is 18.5. The summed E-state index contributed by atoms with van der Waals surface area (Å²) in [5, 5.41) is 10.9. The van der Waals surface area contributed by atoms with Crippen LogP contribution >= 0.6 is 0 Å². The molecule has 0 aliphatic heterocycles. The molecule has 6 heteroatoms. The Balaban J connectivity index is 1.87. The van der Waals surface area contributed by atoms with Crippen LogP contribution in [0.2, 0.25) is 0 Å². The number of carboxylic acids is 1. The van der Waals surface area contributed by atoms with E-state index in [1.165, 1.54) is 0 Å². The molecule has 1 aliphatic carbocycles. The molecule has 0 bridgehead atoms. The number of hydrogen-bond acceptors (Lipinski definition) is 4. The van der Waals surface area contributed by atoms with E-state index in [0.29, 0.717) is 23.9 Å². The summed E-state index contributed by atoms with van der Waals surface area (Å²) in [6.45, 7) is 0.678. The van der Waals surface area contributed by atoms with Gasteiger partial charge in [0.2, 0.25) is 0 Å². The van der Waals surface area contributed by atoms with Gasteiger partial charge in [-0.1, -0.05) is 0 Å². The second kappa shape index (κ2) is 7.28. The van der Waals surface area contributed by atoms with Crippen LogP contribution in [0.25, 0.3) is 22.2 Å². The lowest BCUT2D eigenvalue weighted by Gasteiger charge is -2.14. The molecule has 0 spiro atoms. The molecule has 3 aromatic rings. The van der Waals surface area contributed by atoms with Gasteiger partial charge in [0, 0.05) is 44.1 Å². The van der Waals surface area contributed by atoms with Crippen LogP contribution in [0, 0.1) is 0 Å². The minimum absolute atomic E-state index is 0.113. The van der Waals surface area contributed by atoms with E-state index < -0.39 is 5.97 Å². The molecule has 2 heterocycles. The van der Waals surface area contributed by atoms with Gasteiger partial charge in [-0.3, -0.25) is 4.98 Å². The van der Waals surface area contributed by atoms with E-state index in [-0.39, 0.29) is 5.56 Å². The Bertz CT molecular complexity index is 1050. The molecular weight excluding hydrogens is 354 g/mol. The van der Waals surface area contributed by atoms with Crippen molar-refractivity contribution in [2.24, 2.45) is 7.05 Å². The number of benzene rings is 1. The van der Waals surface area contributed by atoms with Crippen LogP contribution in [0.4, 0.5) is 5.69 Å². The number of methoxy groups -OCH3 is 1. The highest BCUT2D eigenvalue weighted by Gasteiger charge is 2.30. The van der Waals surface area contributed by atoms with Gasteiger partial charge in [-0.25, -0.2) is 4.79 Å². The van der Waals surface area contributed by atoms with Crippen molar-refractivity contribution in [3.8, 4) is 11.3 Å². The Kier molecular flexibility index (Phi) is 4.81. The molecular formula is C22H25N3O3. The number of rotatable bonds is 7. The number of pyridine rings is 1. The van der Waals surface area contributed by atoms with Crippen LogP contribution in [0.15, 0.2) is 30.6 Å². The molecule has 0 radical (unpaired) electrons. The molecule has 6 nitrogen and oxygen atoms in total. The molecule has 146 valence electrons. The number of ether oxygens (including phenoxy) is 1. The number of aromatic nitrogens is 2. The minimum Gasteiger partial charge on any atom is -0.478 e. The summed E-state index contributed by atoms with van der Waals surface area (Å²) in [5.74, 6) is -0.683. The number of nitrogens with zero attached hydrogens (tertiary/aromatic N) is 2. The second-order valence-corrected chi connectivity index (χ2v) is 7.53. The predicted molar refractivity (Wildman–Crippen MR) is 110 cm³/mol. The van der Waals surface area contributed by atoms with Crippen LogP contribution in [-0.2, 0) is 18.2 Å². The van der Waals surface area contributed by atoms with Crippen LogP contribution < -0.4 is 5.73 Å². The van der Waals surface area contributed by atoms with Gasteiger partial charge < -0.3 is 20.1 Å². The normalized spacial score (nSPS) is 13.9. The molecule has 1 aromatic carbocycles. The molecule has 0 saturated heterocycles. The van der Waals surface area contributed by atoms with E-state index >= 15 is 0 Å². The molecule has 28 heavy (non-hydrogen) atoms. The fourth-order valence-corrected chi connectivity index (χ4v) is 3.97. The van der Waals surface area contributed by atoms with Crippen molar-refractivity contribution in [1.29, 1.82) is 0 Å². The third-order valence-electron chi connectivity index (χ3n) is 5.50. The molecule has 2 aromatic heterocycles. The SMILES string of the molecule is COCCCc1cc(-c2ncc(C3CC3)c(N)c2C(=O)O)cc2ccn(C)c12. The zero-order valence-electron chi connectivity index (χ0n) is 16.2. The van der Waals surface area contributed by atoms with E-state index in [1.807, 2.05) is 31.4 Å². The lowest BCUT2D eigenvalue weighted by atomic mass is 9.96. The van der Waals surface area contributed by atoms with Gasteiger partial charge in [0.25, 0.3) is 0 Å². The molecule has 0 unspecified atom stereocenters. The zero-order chi connectivity index (χ0) is 19.8. The number of carboxylic acid groups (broad SMARTS) is 1. The van der Waals surface area contributed by atoms with Crippen LogP contribution in [0.5, 0.6) is 0 Å². The Morgan fingerprint density at radius 1 is 1.39 bits per heavy atom. The standard InChI is InChI=1S/C22H25N3O3/c1-25-8-7-15-11-16(10-14(21(15)25)4-3-9-28-2)20-18(22(26)27)19(23)17(12-24-20)13-5-6-13/h7-8,10-13H,3-6,9H2,1-2H3,(H2,23,24)(H,26,27). The summed E-state index contributed by atoms with van der Waals surface area (Å²) < 4.78 is 7.29. The molecule has 0 atom stereocenters. The topological polar surface area (TPSA) is 90.4 Å². The molecule has 0 amide bonds. The monoisotopic (exact) mass is 379 g/mol. The zero-order valence-corrected chi connectivity index (χ0v) is 16.2. The highest BCUT2D eigenvalue weighted by atomic mass is 16.5. The molecule has 1 aliphatic rings. The number of aromatic carboxylic acids is 1. The summed E-state index contributed by atoms with van der Waals surface area (Å²) in [7, 11) is 3.72. The van der Waals surface area contributed by atoms with Gasteiger partial charge >= 0.3 is 5.97 Å². The van der Waals surface area contributed by atoms with Crippen LogP contribution in [0.3, 0.4) is 0 Å². The summed E-state index contributed by atoms with van der Waals surface area (Å²) in [5.41, 5.74) is 11.1. The lowest BCUT2D eigenvalue weighted by molar-refractivity contribution is 0.0698. The first-order chi connectivity index (χ1) is 13.5. The predicted octanol–water partition coefficient (Wildman–Crippen LogP) is 3.98. The highest BCUT2D eigenvalue weighted by Crippen LogP contribution is 2.44. The van der Waals surface area contributed by atoms with E-state index in [1.54, 1.807) is 13.3 Å². The number of aryl methyl sites for hydroxylation is 2. The maximum absolute atomic E-state index is 12.0. The lowest BCUT2D eigenvalue weighted by Crippen LogP contribution is -2.09. The molecule has 4 rings (SSSR count). The Labute approximate surface area is 163 Å². The van der Waals surface area contributed by atoms with Gasteiger partial charge in [0.1, 0.15) is 5.56 Å². The van der Waals surface area contributed by atoms with Crippen molar-refractivity contribution in [3.63, 3.8) is 0 Å². The molecule has 1 fully saturated rings. The third kappa shape index (κ3) is 3.24. The third-order valence-corrected chi connectivity index (χ3v) is 5.50. The minimum atomic E-state index is -1.03. The van der Waals surface area contributed by atoms with Gasteiger partial charge in [-0.05, 0) is 60.9 Å². The van der Waals surface area contributed by atoms with Gasteiger partial charge in [-0.2, -0.15) is 0 Å². The average Bonchev–Trinajstić information content (AvgIpc) is 3.44. The van der Waals surface area contributed by atoms with Crippen molar-refractivity contribution in [1.82, 2.24) is 9.55 Å². The fourth-order valence-electron chi connectivity index (χ4n) is 3.97. The van der Waals surface area contributed by atoms with Gasteiger partial charge in [0.15, 0.2) is 0 Å². The summed E-state index contributed by atoms with van der Waals surface area (Å²) in [6, 6.07) is 6.09. The van der Waals surface area contributed by atoms with E-state index in [9.17, 15) is 9.90 Å². The van der Waals surface area contributed by atoms with E-state index in [0.717, 1.165) is 53.3 Å². The smallest absolute Gasteiger partial charge is 0.340 e.